The normalized spacial score (nSPS) is 44.2. The molecule has 13 atom stereocenters. The van der Waals surface area contributed by atoms with E-state index in [2.05, 4.69) is 17.6 Å². The molecule has 3 aliphatic heterocycles. The molecule has 0 aromatic carbocycles. The van der Waals surface area contributed by atoms with Crippen molar-refractivity contribution in [2.24, 2.45) is 23.7 Å². The molecule has 4 aliphatic rings. The van der Waals surface area contributed by atoms with Gasteiger partial charge in [-0.05, 0) is 92.3 Å². The zero-order valence-electron chi connectivity index (χ0n) is 30.2. The van der Waals surface area contributed by atoms with Crippen LogP contribution >= 0.6 is 0 Å². The topological polar surface area (TPSA) is 145 Å². The first-order chi connectivity index (χ1) is 22.0. The summed E-state index contributed by atoms with van der Waals surface area (Å²) in [5.74, 6) is -2.22. The lowest BCUT2D eigenvalue weighted by Crippen LogP contribution is -2.60. The van der Waals surface area contributed by atoms with Gasteiger partial charge in [0.25, 0.3) is 0 Å². The van der Waals surface area contributed by atoms with Crippen LogP contribution in [0.4, 0.5) is 4.79 Å². The number of hydrogen-bond acceptors (Lipinski definition) is 11. The molecule has 47 heavy (non-hydrogen) atoms. The maximum absolute atomic E-state index is 14.2. The van der Waals surface area contributed by atoms with Crippen molar-refractivity contribution in [3.8, 4) is 0 Å². The number of carbonyl (C=O) groups is 3. The molecule has 1 aliphatic carbocycles. The van der Waals surface area contributed by atoms with Crippen molar-refractivity contribution in [3.05, 3.63) is 0 Å². The molecule has 3 saturated heterocycles. The lowest BCUT2D eigenvalue weighted by Gasteiger charge is -2.47. The fraction of sp³-hybridized carbons (Fsp3) is 0.914. The van der Waals surface area contributed by atoms with E-state index in [0.29, 0.717) is 25.8 Å². The Bertz CT molecular complexity index is 1100. The molecule has 0 radical (unpaired) electrons. The SMILES string of the molecule is CC[C@H]1OC(=O)C(C)C(=O)[C@H](C)[C@@H](O[C@@H]2O[C@H](CCC3CC3)CC(N(C)C)[C@H]2O)[C@](C)(OC)C[C@@H](C)CN[C@H](C)[C@H]2NC(=O)O[C@@]21C. The number of cyclic esters (lactones) is 1. The summed E-state index contributed by atoms with van der Waals surface area (Å²) < 4.78 is 31.2. The van der Waals surface area contributed by atoms with E-state index in [1.807, 2.05) is 39.8 Å². The van der Waals surface area contributed by atoms with Gasteiger partial charge in [-0.3, -0.25) is 9.59 Å². The summed E-state index contributed by atoms with van der Waals surface area (Å²) in [7, 11) is 5.49. The maximum Gasteiger partial charge on any atom is 0.408 e. The van der Waals surface area contributed by atoms with Gasteiger partial charge in [-0.15, -0.1) is 0 Å². The molecule has 12 nitrogen and oxygen atoms in total. The Balaban J connectivity index is 1.67. The highest BCUT2D eigenvalue weighted by atomic mass is 16.7. The Kier molecular flexibility index (Phi) is 12.4. The van der Waals surface area contributed by atoms with Crippen LogP contribution in [-0.4, -0.2) is 116 Å². The second kappa shape index (κ2) is 15.4. The summed E-state index contributed by atoms with van der Waals surface area (Å²) in [4.78, 5) is 42.3. The highest BCUT2D eigenvalue weighted by Crippen LogP contribution is 2.39. The van der Waals surface area contributed by atoms with Crippen molar-refractivity contribution >= 4 is 17.8 Å². The first-order valence-electron chi connectivity index (χ1n) is 17.7. The largest absolute Gasteiger partial charge is 0.458 e. The molecule has 0 spiro atoms. The molecular weight excluding hydrogens is 606 g/mol. The van der Waals surface area contributed by atoms with Gasteiger partial charge in [0.2, 0.25) is 0 Å². The number of esters is 1. The predicted octanol–water partition coefficient (Wildman–Crippen LogP) is 3.42. The average Bonchev–Trinajstić information content (AvgIpc) is 3.80. The fourth-order valence-corrected chi connectivity index (χ4v) is 8.04. The number of aliphatic hydroxyl groups is 1. The molecular formula is C35H61N3O9. The van der Waals surface area contributed by atoms with Gasteiger partial charge in [-0.1, -0.05) is 33.6 Å². The number of aliphatic hydroxyl groups excluding tert-OH is 1. The van der Waals surface area contributed by atoms with Crippen LogP contribution in [0.5, 0.6) is 0 Å². The third kappa shape index (κ3) is 8.49. The van der Waals surface area contributed by atoms with E-state index in [1.165, 1.54) is 12.8 Å². The molecule has 0 aromatic rings. The number of rotatable bonds is 8. The molecule has 4 rings (SSSR count). The van der Waals surface area contributed by atoms with Crippen molar-refractivity contribution in [2.45, 2.75) is 153 Å². The maximum atomic E-state index is 14.2. The number of ketones is 1. The number of likely N-dealkylation sites (N-methyl/N-ethyl adjacent to an activating group) is 1. The Labute approximate surface area is 281 Å². The lowest BCUT2D eigenvalue weighted by molar-refractivity contribution is -0.298. The van der Waals surface area contributed by atoms with E-state index in [4.69, 9.17) is 23.7 Å². The smallest absolute Gasteiger partial charge is 0.408 e. The number of nitrogens with zero attached hydrogens (tertiary/aromatic N) is 1. The van der Waals surface area contributed by atoms with Crippen molar-refractivity contribution in [2.75, 3.05) is 27.7 Å². The monoisotopic (exact) mass is 667 g/mol. The summed E-state index contributed by atoms with van der Waals surface area (Å²) in [6.45, 7) is 13.5. The number of Topliss-reactive ketones (excluding diaryl/α,β-unsaturated/α-hetero) is 1. The molecule has 270 valence electrons. The number of hydrogen-bond donors (Lipinski definition) is 3. The number of ether oxygens (including phenoxy) is 5. The van der Waals surface area contributed by atoms with Crippen LogP contribution in [0.15, 0.2) is 0 Å². The number of fused-ring (bicyclic) bond motifs is 1. The van der Waals surface area contributed by atoms with Crippen LogP contribution in [-0.2, 0) is 33.3 Å². The second-order valence-corrected chi connectivity index (χ2v) is 15.4. The van der Waals surface area contributed by atoms with Gasteiger partial charge >= 0.3 is 12.1 Å². The van der Waals surface area contributed by atoms with E-state index < -0.39 is 65.7 Å². The fourth-order valence-electron chi connectivity index (χ4n) is 8.04. The van der Waals surface area contributed by atoms with Crippen LogP contribution in [0.3, 0.4) is 0 Å². The molecule has 3 heterocycles. The van der Waals surface area contributed by atoms with Crippen molar-refractivity contribution in [1.29, 1.82) is 0 Å². The molecule has 0 aromatic heterocycles. The molecule has 4 fully saturated rings. The molecule has 3 N–H and O–H groups in total. The quantitative estimate of drug-likeness (QED) is 0.259. The molecule has 12 heteroatoms. The molecule has 2 unspecified atom stereocenters. The summed E-state index contributed by atoms with van der Waals surface area (Å²) in [6.07, 6.45) is 1.80. The highest BCUT2D eigenvalue weighted by Gasteiger charge is 2.55. The highest BCUT2D eigenvalue weighted by molar-refractivity contribution is 6.00. The minimum absolute atomic E-state index is 0.0421. The summed E-state index contributed by atoms with van der Waals surface area (Å²) in [5.41, 5.74) is -2.14. The number of amides is 1. The zero-order chi connectivity index (χ0) is 34.8. The Morgan fingerprint density at radius 3 is 2.34 bits per heavy atom. The van der Waals surface area contributed by atoms with Crippen molar-refractivity contribution in [3.63, 3.8) is 0 Å². The molecule has 0 bridgehead atoms. The van der Waals surface area contributed by atoms with Gasteiger partial charge in [0.1, 0.15) is 18.1 Å². The van der Waals surface area contributed by atoms with E-state index in [1.54, 1.807) is 27.9 Å². The van der Waals surface area contributed by atoms with Crippen molar-refractivity contribution < 1.29 is 43.2 Å². The van der Waals surface area contributed by atoms with Crippen LogP contribution < -0.4 is 10.6 Å². The summed E-state index contributed by atoms with van der Waals surface area (Å²) >= 11 is 0. The van der Waals surface area contributed by atoms with Crippen LogP contribution in [0.1, 0.15) is 93.4 Å². The standard InChI is InChI=1S/C35H61N3O9/c1-11-26-35(7)29(37-33(42)47-35)22(5)36-18-19(2)17-34(6,43-10)30(20(3)27(39)21(4)31(41)45-26)46-32-28(40)25(38(8)9)16-24(44-32)15-14-23-12-13-23/h19-26,28-30,32,36,40H,11-18H2,1-10H3,(H,37,42)/t19-,20+,21?,22-,24-,25?,26-,28-,29-,30-,32+,34-,35-/m1/s1. The third-order valence-corrected chi connectivity index (χ3v) is 11.3. The van der Waals surface area contributed by atoms with Crippen LogP contribution in [0, 0.1) is 23.7 Å². The average molecular weight is 668 g/mol. The second-order valence-electron chi connectivity index (χ2n) is 15.4. The van der Waals surface area contributed by atoms with Gasteiger partial charge in [0.15, 0.2) is 17.7 Å². The van der Waals surface area contributed by atoms with Crippen LogP contribution in [0.25, 0.3) is 0 Å². The van der Waals surface area contributed by atoms with E-state index >= 15 is 0 Å². The third-order valence-electron chi connectivity index (χ3n) is 11.3. The Morgan fingerprint density at radius 2 is 1.74 bits per heavy atom. The van der Waals surface area contributed by atoms with Gasteiger partial charge in [-0.25, -0.2) is 4.79 Å². The van der Waals surface area contributed by atoms with Gasteiger partial charge in [0.05, 0.1) is 23.9 Å². The summed E-state index contributed by atoms with van der Waals surface area (Å²) in [6, 6.07) is -0.901. The Morgan fingerprint density at radius 1 is 1.06 bits per heavy atom. The number of alkyl carbamates (subject to hydrolysis) is 1. The number of nitrogens with one attached hydrogen (secondary N) is 2. The zero-order valence-corrected chi connectivity index (χ0v) is 30.2. The predicted molar refractivity (Wildman–Crippen MR) is 176 cm³/mol. The first kappa shape index (κ1) is 38.0. The minimum Gasteiger partial charge on any atom is -0.458 e. The van der Waals surface area contributed by atoms with Gasteiger partial charge in [-0.2, -0.15) is 0 Å². The van der Waals surface area contributed by atoms with Gasteiger partial charge in [0, 0.05) is 25.1 Å². The molecule has 1 amide bonds. The Hall–Kier alpha value is -1.83. The lowest BCUT2D eigenvalue weighted by atomic mass is 9.78. The van der Waals surface area contributed by atoms with E-state index in [0.717, 1.165) is 18.8 Å². The van der Waals surface area contributed by atoms with Crippen LogP contribution in [0.2, 0.25) is 0 Å². The minimum atomic E-state index is -1.15. The summed E-state index contributed by atoms with van der Waals surface area (Å²) in [5, 5.41) is 18.0. The van der Waals surface area contributed by atoms with Crippen molar-refractivity contribution in [1.82, 2.24) is 15.5 Å². The first-order valence-corrected chi connectivity index (χ1v) is 17.7. The number of carbonyl (C=O) groups excluding carboxylic acids is 3. The molecule has 1 saturated carbocycles. The van der Waals surface area contributed by atoms with Gasteiger partial charge < -0.3 is 44.3 Å². The van der Waals surface area contributed by atoms with E-state index in [9.17, 15) is 19.5 Å². The number of methoxy groups -OCH3 is 1. The van der Waals surface area contributed by atoms with E-state index in [-0.39, 0.29) is 29.9 Å².